The molecule has 3 atom stereocenters. The first-order chi connectivity index (χ1) is 13.2. The Morgan fingerprint density at radius 2 is 1.81 bits per heavy atom. The second kappa shape index (κ2) is 10.3. The van der Waals surface area contributed by atoms with Crippen LogP contribution in [0.5, 0.6) is 5.75 Å². The van der Waals surface area contributed by atoms with E-state index in [1.807, 2.05) is 0 Å². The number of likely N-dealkylation sites (tertiary alicyclic amines) is 1. The first-order valence-corrected chi connectivity index (χ1v) is 11.0. The molecule has 1 saturated carbocycles. The Kier molecular flexibility index (Phi) is 7.77. The number of piperidine rings is 1. The summed E-state index contributed by atoms with van der Waals surface area (Å²) in [5.41, 5.74) is 1.33. The van der Waals surface area contributed by atoms with Crippen LogP contribution in [0.4, 0.5) is 0 Å². The third kappa shape index (κ3) is 5.82. The second-order valence-corrected chi connectivity index (χ2v) is 8.52. The Labute approximate surface area is 170 Å². The highest BCUT2D eigenvalue weighted by Crippen LogP contribution is 2.26. The summed E-state index contributed by atoms with van der Waals surface area (Å²) in [5, 5.41) is 7.91. The number of hydrogen-bond donors (Lipinski definition) is 2. The average molecular weight is 390 g/mol. The largest absolute Gasteiger partial charge is 0.497 e. The van der Waals surface area contributed by atoms with Gasteiger partial charge in [0, 0.05) is 12.6 Å². The molecule has 1 heterocycles. The standard InChI is InChI=1S/C22H35N3OS/c1-17-8-4-5-9-20(17)24-22(27)23-16-21(25-14-6-3-7-15-25)18-10-12-19(26-2)13-11-18/h10-13,17,20-21H,3-9,14-16H2,1-2H3,(H2,23,24,27). The Bertz CT molecular complexity index is 586. The van der Waals surface area contributed by atoms with Gasteiger partial charge in [-0.3, -0.25) is 4.90 Å². The van der Waals surface area contributed by atoms with E-state index in [2.05, 4.69) is 46.7 Å². The smallest absolute Gasteiger partial charge is 0.166 e. The van der Waals surface area contributed by atoms with Crippen molar-refractivity contribution in [1.29, 1.82) is 0 Å². The lowest BCUT2D eigenvalue weighted by molar-refractivity contribution is 0.164. The Hall–Kier alpha value is -1.33. The zero-order chi connectivity index (χ0) is 19.1. The minimum Gasteiger partial charge on any atom is -0.497 e. The summed E-state index contributed by atoms with van der Waals surface area (Å²) >= 11 is 5.64. The Morgan fingerprint density at radius 1 is 1.11 bits per heavy atom. The van der Waals surface area contributed by atoms with Crippen molar-refractivity contribution >= 4 is 17.3 Å². The van der Waals surface area contributed by atoms with Gasteiger partial charge in [-0.15, -0.1) is 0 Å². The number of ether oxygens (including phenoxy) is 1. The molecule has 0 spiro atoms. The summed E-state index contributed by atoms with van der Waals surface area (Å²) in [6.07, 6.45) is 9.13. The van der Waals surface area contributed by atoms with Gasteiger partial charge in [0.25, 0.3) is 0 Å². The van der Waals surface area contributed by atoms with Crippen LogP contribution in [-0.4, -0.2) is 42.8 Å². The summed E-state index contributed by atoms with van der Waals surface area (Å²) < 4.78 is 5.33. The van der Waals surface area contributed by atoms with E-state index in [0.717, 1.165) is 30.5 Å². The molecule has 3 unspecified atom stereocenters. The van der Waals surface area contributed by atoms with E-state index in [1.165, 1.54) is 50.5 Å². The third-order valence-corrected chi connectivity index (χ3v) is 6.48. The van der Waals surface area contributed by atoms with Crippen LogP contribution in [0.2, 0.25) is 0 Å². The number of nitrogens with one attached hydrogen (secondary N) is 2. The molecule has 2 aliphatic rings. The van der Waals surface area contributed by atoms with Crippen LogP contribution in [0.1, 0.15) is 63.5 Å². The summed E-state index contributed by atoms with van der Waals surface area (Å²) in [6.45, 7) is 5.52. The van der Waals surface area contributed by atoms with E-state index in [4.69, 9.17) is 17.0 Å². The van der Waals surface area contributed by atoms with Crippen LogP contribution < -0.4 is 15.4 Å². The first-order valence-electron chi connectivity index (χ1n) is 10.6. The molecule has 150 valence electrons. The predicted octanol–water partition coefficient (Wildman–Crippen LogP) is 4.27. The molecular formula is C22H35N3OS. The van der Waals surface area contributed by atoms with Crippen LogP contribution in [-0.2, 0) is 0 Å². The number of thiocarbonyl (C=S) groups is 1. The van der Waals surface area contributed by atoms with Crippen molar-refractivity contribution in [3.05, 3.63) is 29.8 Å². The van der Waals surface area contributed by atoms with E-state index in [0.29, 0.717) is 18.0 Å². The minimum atomic E-state index is 0.347. The second-order valence-electron chi connectivity index (χ2n) is 8.11. The fourth-order valence-electron chi connectivity index (χ4n) is 4.45. The van der Waals surface area contributed by atoms with Gasteiger partial charge in [0.1, 0.15) is 5.75 Å². The maximum Gasteiger partial charge on any atom is 0.166 e. The highest BCUT2D eigenvalue weighted by molar-refractivity contribution is 7.80. The number of rotatable bonds is 6. The van der Waals surface area contributed by atoms with Gasteiger partial charge in [-0.2, -0.15) is 0 Å². The van der Waals surface area contributed by atoms with Gasteiger partial charge in [-0.05, 0) is 74.6 Å². The number of nitrogens with zero attached hydrogens (tertiary/aromatic N) is 1. The van der Waals surface area contributed by atoms with Crippen molar-refractivity contribution in [2.24, 2.45) is 5.92 Å². The van der Waals surface area contributed by atoms with Crippen LogP contribution in [0.15, 0.2) is 24.3 Å². The maximum atomic E-state index is 5.64. The molecule has 27 heavy (non-hydrogen) atoms. The van der Waals surface area contributed by atoms with E-state index in [1.54, 1.807) is 7.11 Å². The zero-order valence-corrected chi connectivity index (χ0v) is 17.7. The van der Waals surface area contributed by atoms with Crippen molar-refractivity contribution in [3.8, 4) is 5.75 Å². The molecule has 0 amide bonds. The lowest BCUT2D eigenvalue weighted by atomic mass is 9.86. The van der Waals surface area contributed by atoms with Gasteiger partial charge >= 0.3 is 0 Å². The van der Waals surface area contributed by atoms with Gasteiger partial charge in [-0.1, -0.05) is 38.3 Å². The highest BCUT2D eigenvalue weighted by Gasteiger charge is 2.24. The fourth-order valence-corrected chi connectivity index (χ4v) is 4.69. The summed E-state index contributed by atoms with van der Waals surface area (Å²) in [4.78, 5) is 2.60. The minimum absolute atomic E-state index is 0.347. The molecule has 3 rings (SSSR count). The molecule has 5 heteroatoms. The molecule has 1 aromatic rings. The maximum absolute atomic E-state index is 5.64. The quantitative estimate of drug-likeness (QED) is 0.711. The van der Waals surface area contributed by atoms with Gasteiger partial charge < -0.3 is 15.4 Å². The van der Waals surface area contributed by atoms with Crippen LogP contribution in [0.25, 0.3) is 0 Å². The highest BCUT2D eigenvalue weighted by atomic mass is 32.1. The molecule has 1 aliphatic heterocycles. The SMILES string of the molecule is COc1ccc(C(CNC(=S)NC2CCCCC2C)N2CCCCC2)cc1. The Morgan fingerprint density at radius 3 is 2.48 bits per heavy atom. The zero-order valence-electron chi connectivity index (χ0n) is 16.9. The van der Waals surface area contributed by atoms with E-state index >= 15 is 0 Å². The summed E-state index contributed by atoms with van der Waals surface area (Å²) in [6, 6.07) is 9.38. The molecule has 2 N–H and O–H groups in total. The normalized spacial score (nSPS) is 24.8. The average Bonchev–Trinajstić information content (AvgIpc) is 2.71. The predicted molar refractivity (Wildman–Crippen MR) is 116 cm³/mol. The molecule has 0 aromatic heterocycles. The number of methoxy groups -OCH3 is 1. The molecule has 1 saturated heterocycles. The van der Waals surface area contributed by atoms with Gasteiger partial charge in [0.05, 0.1) is 13.2 Å². The van der Waals surface area contributed by atoms with Crippen LogP contribution >= 0.6 is 12.2 Å². The monoisotopic (exact) mass is 389 g/mol. The van der Waals surface area contributed by atoms with Crippen LogP contribution in [0, 0.1) is 5.92 Å². The van der Waals surface area contributed by atoms with E-state index in [-0.39, 0.29) is 0 Å². The molecule has 4 nitrogen and oxygen atoms in total. The molecule has 0 radical (unpaired) electrons. The van der Waals surface area contributed by atoms with Crippen LogP contribution in [0.3, 0.4) is 0 Å². The van der Waals surface area contributed by atoms with Crippen molar-refractivity contribution in [2.45, 2.75) is 64.0 Å². The van der Waals surface area contributed by atoms with Crippen molar-refractivity contribution in [3.63, 3.8) is 0 Å². The summed E-state index contributed by atoms with van der Waals surface area (Å²) in [7, 11) is 1.72. The molecule has 1 aliphatic carbocycles. The lowest BCUT2D eigenvalue weighted by Gasteiger charge is -2.36. The number of hydrogen-bond acceptors (Lipinski definition) is 3. The fraction of sp³-hybridized carbons (Fsp3) is 0.682. The first kappa shape index (κ1) is 20.4. The van der Waals surface area contributed by atoms with Crippen molar-refractivity contribution < 1.29 is 4.74 Å². The molecule has 0 bridgehead atoms. The lowest BCUT2D eigenvalue weighted by Crippen LogP contribution is -2.48. The van der Waals surface area contributed by atoms with Crippen molar-refractivity contribution in [2.75, 3.05) is 26.7 Å². The molecule has 2 fully saturated rings. The van der Waals surface area contributed by atoms with Crippen molar-refractivity contribution in [1.82, 2.24) is 15.5 Å². The third-order valence-electron chi connectivity index (χ3n) is 6.22. The van der Waals surface area contributed by atoms with Gasteiger partial charge in [0.15, 0.2) is 5.11 Å². The topological polar surface area (TPSA) is 36.5 Å². The van der Waals surface area contributed by atoms with Gasteiger partial charge in [0.2, 0.25) is 0 Å². The van der Waals surface area contributed by atoms with Gasteiger partial charge in [-0.25, -0.2) is 0 Å². The number of benzene rings is 1. The molecule has 1 aromatic carbocycles. The molecular weight excluding hydrogens is 354 g/mol. The Balaban J connectivity index is 1.60. The summed E-state index contributed by atoms with van der Waals surface area (Å²) in [5.74, 6) is 1.62. The van der Waals surface area contributed by atoms with E-state index in [9.17, 15) is 0 Å². The van der Waals surface area contributed by atoms with E-state index < -0.39 is 0 Å².